The molecule has 1 aliphatic heterocycles. The zero-order valence-electron chi connectivity index (χ0n) is 10.2. The van der Waals surface area contributed by atoms with E-state index in [1.807, 2.05) is 0 Å². The fourth-order valence-electron chi connectivity index (χ4n) is 2.64. The maximum atomic E-state index is 5.72. The van der Waals surface area contributed by atoms with Crippen molar-refractivity contribution in [3.8, 4) is 0 Å². The molecule has 0 amide bonds. The van der Waals surface area contributed by atoms with Gasteiger partial charge in [0.25, 0.3) is 0 Å². The third-order valence-corrected chi connectivity index (χ3v) is 4.33. The molecule has 0 bridgehead atoms. The van der Waals surface area contributed by atoms with E-state index in [0.717, 1.165) is 25.2 Å². The van der Waals surface area contributed by atoms with Crippen LogP contribution in [0.3, 0.4) is 0 Å². The van der Waals surface area contributed by atoms with Gasteiger partial charge in [-0.1, -0.05) is 20.3 Å². The highest BCUT2D eigenvalue weighted by Gasteiger charge is 2.38. The zero-order chi connectivity index (χ0) is 10.7. The molecular formula is C13H25NO. The summed E-state index contributed by atoms with van der Waals surface area (Å²) < 4.78 is 5.72. The molecule has 2 atom stereocenters. The lowest BCUT2D eigenvalue weighted by Crippen LogP contribution is -2.46. The van der Waals surface area contributed by atoms with Crippen LogP contribution in [-0.4, -0.2) is 25.8 Å². The highest BCUT2D eigenvalue weighted by Crippen LogP contribution is 2.38. The van der Waals surface area contributed by atoms with Gasteiger partial charge in [0.15, 0.2) is 0 Å². The Hall–Kier alpha value is -0.0800. The molecule has 1 heterocycles. The number of hydrogen-bond acceptors (Lipinski definition) is 2. The van der Waals surface area contributed by atoms with Gasteiger partial charge in [-0.2, -0.15) is 0 Å². The van der Waals surface area contributed by atoms with Gasteiger partial charge in [0.05, 0.1) is 6.61 Å². The standard InChI is InChI=1S/C13H25NO/c1-3-11(2)13(7-4-8-15-10-13)9-14-12-5-6-12/h11-12,14H,3-10H2,1-2H3. The molecule has 15 heavy (non-hydrogen) atoms. The molecule has 0 spiro atoms. The normalized spacial score (nSPS) is 34.0. The highest BCUT2D eigenvalue weighted by molar-refractivity contribution is 4.91. The molecule has 2 rings (SSSR count). The van der Waals surface area contributed by atoms with Gasteiger partial charge in [-0.25, -0.2) is 0 Å². The minimum atomic E-state index is 0.426. The molecule has 2 unspecified atom stereocenters. The van der Waals surface area contributed by atoms with Crippen LogP contribution in [0.25, 0.3) is 0 Å². The molecule has 1 saturated heterocycles. The Kier molecular flexibility index (Phi) is 3.68. The van der Waals surface area contributed by atoms with Crippen molar-refractivity contribution in [1.82, 2.24) is 5.32 Å². The van der Waals surface area contributed by atoms with Crippen molar-refractivity contribution in [2.75, 3.05) is 19.8 Å². The van der Waals surface area contributed by atoms with E-state index >= 15 is 0 Å². The topological polar surface area (TPSA) is 21.3 Å². The molecule has 0 aromatic heterocycles. The first-order valence-corrected chi connectivity index (χ1v) is 6.58. The number of hydrogen-bond donors (Lipinski definition) is 1. The first-order valence-electron chi connectivity index (χ1n) is 6.58. The second-order valence-electron chi connectivity index (χ2n) is 5.48. The maximum Gasteiger partial charge on any atom is 0.0537 e. The van der Waals surface area contributed by atoms with Crippen LogP contribution in [-0.2, 0) is 4.74 Å². The molecule has 2 fully saturated rings. The summed E-state index contributed by atoms with van der Waals surface area (Å²) >= 11 is 0. The third kappa shape index (κ3) is 2.73. The van der Waals surface area contributed by atoms with Crippen molar-refractivity contribution >= 4 is 0 Å². The van der Waals surface area contributed by atoms with Crippen LogP contribution in [0.1, 0.15) is 46.0 Å². The smallest absolute Gasteiger partial charge is 0.0537 e. The third-order valence-electron chi connectivity index (χ3n) is 4.33. The Morgan fingerprint density at radius 1 is 1.47 bits per heavy atom. The highest BCUT2D eigenvalue weighted by atomic mass is 16.5. The van der Waals surface area contributed by atoms with Crippen molar-refractivity contribution in [3.63, 3.8) is 0 Å². The van der Waals surface area contributed by atoms with E-state index < -0.39 is 0 Å². The Morgan fingerprint density at radius 2 is 2.27 bits per heavy atom. The predicted octanol–water partition coefficient (Wildman–Crippen LogP) is 2.58. The van der Waals surface area contributed by atoms with Gasteiger partial charge in [-0.05, 0) is 31.6 Å². The van der Waals surface area contributed by atoms with E-state index in [4.69, 9.17) is 4.74 Å². The molecule has 0 aromatic carbocycles. The number of rotatable bonds is 5. The van der Waals surface area contributed by atoms with Gasteiger partial charge in [0, 0.05) is 24.6 Å². The molecule has 1 N–H and O–H groups in total. The van der Waals surface area contributed by atoms with E-state index in [1.54, 1.807) is 0 Å². The molecular weight excluding hydrogens is 186 g/mol. The van der Waals surface area contributed by atoms with Gasteiger partial charge in [0.1, 0.15) is 0 Å². The Bertz CT molecular complexity index is 195. The molecule has 0 radical (unpaired) electrons. The quantitative estimate of drug-likeness (QED) is 0.754. The summed E-state index contributed by atoms with van der Waals surface area (Å²) in [6, 6.07) is 0.827. The summed E-state index contributed by atoms with van der Waals surface area (Å²) in [5.74, 6) is 0.782. The van der Waals surface area contributed by atoms with E-state index in [-0.39, 0.29) is 0 Å². The fourth-order valence-corrected chi connectivity index (χ4v) is 2.64. The molecule has 2 aliphatic rings. The van der Waals surface area contributed by atoms with Crippen molar-refractivity contribution in [2.45, 2.75) is 52.0 Å². The summed E-state index contributed by atoms with van der Waals surface area (Å²) in [6.07, 6.45) is 6.64. The maximum absolute atomic E-state index is 5.72. The fraction of sp³-hybridized carbons (Fsp3) is 1.00. The van der Waals surface area contributed by atoms with Crippen molar-refractivity contribution in [2.24, 2.45) is 11.3 Å². The van der Waals surface area contributed by atoms with Gasteiger partial charge in [-0.3, -0.25) is 0 Å². The molecule has 1 saturated carbocycles. The lowest BCUT2D eigenvalue weighted by molar-refractivity contribution is -0.0386. The van der Waals surface area contributed by atoms with Crippen LogP contribution in [0.2, 0.25) is 0 Å². The van der Waals surface area contributed by atoms with E-state index in [2.05, 4.69) is 19.2 Å². The van der Waals surface area contributed by atoms with Crippen molar-refractivity contribution in [3.05, 3.63) is 0 Å². The minimum absolute atomic E-state index is 0.426. The lowest BCUT2D eigenvalue weighted by Gasteiger charge is -2.42. The van der Waals surface area contributed by atoms with Crippen molar-refractivity contribution in [1.29, 1.82) is 0 Å². The number of ether oxygens (including phenoxy) is 1. The van der Waals surface area contributed by atoms with Crippen LogP contribution in [0.5, 0.6) is 0 Å². The second-order valence-corrected chi connectivity index (χ2v) is 5.48. The molecule has 2 heteroatoms. The lowest BCUT2D eigenvalue weighted by atomic mass is 9.71. The van der Waals surface area contributed by atoms with Gasteiger partial charge in [0.2, 0.25) is 0 Å². The van der Waals surface area contributed by atoms with Crippen LogP contribution in [0.4, 0.5) is 0 Å². The molecule has 2 nitrogen and oxygen atoms in total. The second kappa shape index (κ2) is 4.84. The zero-order valence-corrected chi connectivity index (χ0v) is 10.2. The monoisotopic (exact) mass is 211 g/mol. The summed E-state index contributed by atoms with van der Waals surface area (Å²) in [5, 5.41) is 3.70. The Labute approximate surface area is 93.8 Å². The average molecular weight is 211 g/mol. The average Bonchev–Trinajstić information content (AvgIpc) is 3.10. The summed E-state index contributed by atoms with van der Waals surface area (Å²) in [6.45, 7) is 7.82. The summed E-state index contributed by atoms with van der Waals surface area (Å²) in [7, 11) is 0. The van der Waals surface area contributed by atoms with Crippen LogP contribution >= 0.6 is 0 Å². The molecule has 0 aromatic rings. The van der Waals surface area contributed by atoms with E-state index in [0.29, 0.717) is 5.41 Å². The van der Waals surface area contributed by atoms with Crippen molar-refractivity contribution < 1.29 is 4.74 Å². The molecule has 1 aliphatic carbocycles. The van der Waals surface area contributed by atoms with E-state index in [9.17, 15) is 0 Å². The largest absolute Gasteiger partial charge is 0.381 e. The van der Waals surface area contributed by atoms with Gasteiger partial charge in [-0.15, -0.1) is 0 Å². The van der Waals surface area contributed by atoms with Gasteiger partial charge >= 0.3 is 0 Å². The minimum Gasteiger partial charge on any atom is -0.381 e. The van der Waals surface area contributed by atoms with E-state index in [1.165, 1.54) is 38.6 Å². The van der Waals surface area contributed by atoms with Crippen LogP contribution in [0, 0.1) is 11.3 Å². The number of nitrogens with one attached hydrogen (secondary N) is 1. The van der Waals surface area contributed by atoms with Crippen LogP contribution in [0.15, 0.2) is 0 Å². The Morgan fingerprint density at radius 3 is 2.80 bits per heavy atom. The first kappa shape index (κ1) is 11.4. The van der Waals surface area contributed by atoms with Gasteiger partial charge < -0.3 is 10.1 Å². The predicted molar refractivity (Wildman–Crippen MR) is 63.0 cm³/mol. The summed E-state index contributed by atoms with van der Waals surface area (Å²) in [5.41, 5.74) is 0.426. The SMILES string of the molecule is CCC(C)C1(CNC2CC2)CCCOC1. The molecule has 88 valence electrons. The first-order chi connectivity index (χ1) is 7.27. The summed E-state index contributed by atoms with van der Waals surface area (Å²) in [4.78, 5) is 0. The van der Waals surface area contributed by atoms with Crippen LogP contribution < -0.4 is 5.32 Å². The Balaban J connectivity index is 1.92.